The molecule has 9 heteroatoms. The summed E-state index contributed by atoms with van der Waals surface area (Å²) >= 11 is 10.8. The highest BCUT2D eigenvalue weighted by Gasteiger charge is 2.17. The average Bonchev–Trinajstić information content (AvgIpc) is 2.81. The molecule has 0 saturated heterocycles. The van der Waals surface area contributed by atoms with Crippen LogP contribution in [0.25, 0.3) is 0 Å². The highest BCUT2D eigenvalue weighted by molar-refractivity contribution is 7.89. The Kier molecular flexibility index (Phi) is 4.62. The molecule has 2 aromatic rings. The van der Waals surface area contributed by atoms with Crippen LogP contribution in [-0.2, 0) is 23.6 Å². The number of hydrogen-bond acceptors (Lipinski definition) is 4. The number of imidazole rings is 1. The number of sulfonamides is 1. The van der Waals surface area contributed by atoms with Crippen LogP contribution in [0.3, 0.4) is 0 Å². The van der Waals surface area contributed by atoms with Crippen LogP contribution in [0.15, 0.2) is 35.5 Å². The van der Waals surface area contributed by atoms with E-state index in [1.165, 1.54) is 18.2 Å². The maximum Gasteiger partial charge on any atom is 0.241 e. The standard InChI is InChI=1S/C12H13ClN4O2S2/c1-17-5-4-15-11(17)7-16-21(18,19)8-2-3-9(12(14)20)10(13)6-8/h2-6,16H,7H2,1H3,(H2,14,20). The number of nitrogens with zero attached hydrogens (tertiary/aromatic N) is 2. The van der Waals surface area contributed by atoms with Crippen LogP contribution in [0, 0.1) is 0 Å². The van der Waals surface area contributed by atoms with Gasteiger partial charge in [0.05, 0.1) is 16.5 Å². The minimum absolute atomic E-state index is 0.0432. The van der Waals surface area contributed by atoms with Crippen LogP contribution in [0.2, 0.25) is 5.02 Å². The summed E-state index contributed by atoms with van der Waals surface area (Å²) in [5.41, 5.74) is 5.92. The lowest BCUT2D eigenvalue weighted by Gasteiger charge is -2.09. The van der Waals surface area contributed by atoms with Gasteiger partial charge in [-0.05, 0) is 18.2 Å². The Labute approximate surface area is 133 Å². The fourth-order valence-electron chi connectivity index (χ4n) is 1.67. The van der Waals surface area contributed by atoms with Crippen molar-refractivity contribution in [3.05, 3.63) is 47.0 Å². The van der Waals surface area contributed by atoms with E-state index >= 15 is 0 Å². The predicted molar refractivity (Wildman–Crippen MR) is 84.6 cm³/mol. The van der Waals surface area contributed by atoms with E-state index in [0.717, 1.165) is 0 Å². The molecule has 1 heterocycles. The zero-order chi connectivity index (χ0) is 15.6. The second-order valence-corrected chi connectivity index (χ2v) is 6.90. The van der Waals surface area contributed by atoms with Gasteiger partial charge in [-0.15, -0.1) is 0 Å². The van der Waals surface area contributed by atoms with Gasteiger partial charge in [0.1, 0.15) is 10.8 Å². The first-order chi connectivity index (χ1) is 9.81. The highest BCUT2D eigenvalue weighted by Crippen LogP contribution is 2.20. The number of aryl methyl sites for hydroxylation is 1. The predicted octanol–water partition coefficient (Wildman–Crippen LogP) is 1.19. The van der Waals surface area contributed by atoms with Crippen molar-refractivity contribution in [3.8, 4) is 0 Å². The Bertz CT molecular complexity index is 786. The summed E-state index contributed by atoms with van der Waals surface area (Å²) in [5, 5.41) is 0.197. The number of hydrogen-bond donors (Lipinski definition) is 2. The molecule has 0 fully saturated rings. The molecule has 0 bridgehead atoms. The molecule has 0 saturated carbocycles. The van der Waals surface area contributed by atoms with Gasteiger partial charge in [-0.25, -0.2) is 18.1 Å². The van der Waals surface area contributed by atoms with E-state index in [4.69, 9.17) is 29.6 Å². The molecule has 6 nitrogen and oxygen atoms in total. The van der Waals surface area contributed by atoms with E-state index in [0.29, 0.717) is 11.4 Å². The molecule has 0 amide bonds. The molecule has 0 aliphatic rings. The van der Waals surface area contributed by atoms with Crippen LogP contribution in [0.5, 0.6) is 0 Å². The molecule has 0 radical (unpaired) electrons. The molecular weight excluding hydrogens is 332 g/mol. The number of halogens is 1. The third kappa shape index (κ3) is 3.59. The second kappa shape index (κ2) is 6.10. The maximum absolute atomic E-state index is 12.2. The minimum Gasteiger partial charge on any atom is -0.389 e. The van der Waals surface area contributed by atoms with Gasteiger partial charge < -0.3 is 10.3 Å². The van der Waals surface area contributed by atoms with Crippen molar-refractivity contribution in [2.75, 3.05) is 0 Å². The van der Waals surface area contributed by atoms with Crippen molar-refractivity contribution in [1.82, 2.24) is 14.3 Å². The molecule has 0 aliphatic carbocycles. The fourth-order valence-corrected chi connectivity index (χ4v) is 3.26. The number of nitrogens with two attached hydrogens (primary N) is 1. The summed E-state index contributed by atoms with van der Waals surface area (Å²) in [6.07, 6.45) is 3.33. The molecule has 21 heavy (non-hydrogen) atoms. The molecular formula is C12H13ClN4O2S2. The van der Waals surface area contributed by atoms with Crippen LogP contribution < -0.4 is 10.5 Å². The zero-order valence-corrected chi connectivity index (χ0v) is 13.5. The van der Waals surface area contributed by atoms with Gasteiger partial charge in [-0.2, -0.15) is 0 Å². The first kappa shape index (κ1) is 15.9. The summed E-state index contributed by atoms with van der Waals surface area (Å²) in [6, 6.07) is 4.21. The average molecular weight is 345 g/mol. The van der Waals surface area contributed by atoms with Gasteiger partial charge in [0.2, 0.25) is 10.0 Å². The van der Waals surface area contributed by atoms with E-state index < -0.39 is 10.0 Å². The Hall–Kier alpha value is -1.48. The Balaban J connectivity index is 2.22. The summed E-state index contributed by atoms with van der Waals surface area (Å²) in [6.45, 7) is 0.0838. The van der Waals surface area contributed by atoms with E-state index in [-0.39, 0.29) is 21.5 Å². The fraction of sp³-hybridized carbons (Fsp3) is 0.167. The van der Waals surface area contributed by atoms with Crippen LogP contribution >= 0.6 is 23.8 Å². The van der Waals surface area contributed by atoms with Crippen molar-refractivity contribution in [2.24, 2.45) is 12.8 Å². The van der Waals surface area contributed by atoms with Crippen molar-refractivity contribution in [2.45, 2.75) is 11.4 Å². The van der Waals surface area contributed by atoms with Crippen molar-refractivity contribution >= 4 is 38.8 Å². The van der Waals surface area contributed by atoms with E-state index in [2.05, 4.69) is 9.71 Å². The Morgan fingerprint density at radius 2 is 2.24 bits per heavy atom. The first-order valence-corrected chi connectivity index (χ1v) is 8.13. The summed E-state index contributed by atoms with van der Waals surface area (Å²) in [7, 11) is -1.91. The Morgan fingerprint density at radius 3 is 2.76 bits per heavy atom. The minimum atomic E-state index is -3.69. The molecule has 0 unspecified atom stereocenters. The van der Waals surface area contributed by atoms with Gasteiger partial charge in [0.25, 0.3) is 0 Å². The number of rotatable bonds is 5. The SMILES string of the molecule is Cn1ccnc1CNS(=O)(=O)c1ccc(C(N)=S)c(Cl)c1. The van der Waals surface area contributed by atoms with Crippen molar-refractivity contribution in [3.63, 3.8) is 0 Å². The molecule has 1 aromatic carbocycles. The molecule has 3 N–H and O–H groups in total. The van der Waals surface area contributed by atoms with E-state index in [1.54, 1.807) is 24.0 Å². The van der Waals surface area contributed by atoms with E-state index in [1.807, 2.05) is 0 Å². The topological polar surface area (TPSA) is 90.0 Å². The van der Waals surface area contributed by atoms with Crippen LogP contribution in [-0.4, -0.2) is 23.0 Å². The van der Waals surface area contributed by atoms with Gasteiger partial charge in [0, 0.05) is 25.0 Å². The molecule has 0 atom stereocenters. The lowest BCUT2D eigenvalue weighted by atomic mass is 10.2. The molecule has 0 aliphatic heterocycles. The lowest BCUT2D eigenvalue weighted by molar-refractivity contribution is 0.577. The maximum atomic E-state index is 12.2. The van der Waals surface area contributed by atoms with Gasteiger partial charge in [-0.1, -0.05) is 23.8 Å². The number of nitrogens with one attached hydrogen (secondary N) is 1. The van der Waals surface area contributed by atoms with Crippen molar-refractivity contribution < 1.29 is 8.42 Å². The van der Waals surface area contributed by atoms with Crippen molar-refractivity contribution in [1.29, 1.82) is 0 Å². The zero-order valence-electron chi connectivity index (χ0n) is 11.1. The summed E-state index contributed by atoms with van der Waals surface area (Å²) in [4.78, 5) is 4.20. The Morgan fingerprint density at radius 1 is 1.52 bits per heavy atom. The first-order valence-electron chi connectivity index (χ1n) is 5.86. The highest BCUT2D eigenvalue weighted by atomic mass is 35.5. The number of thiocarbonyl (C=S) groups is 1. The van der Waals surface area contributed by atoms with Gasteiger partial charge in [-0.3, -0.25) is 0 Å². The van der Waals surface area contributed by atoms with Gasteiger partial charge >= 0.3 is 0 Å². The van der Waals surface area contributed by atoms with Crippen LogP contribution in [0.4, 0.5) is 0 Å². The molecule has 2 rings (SSSR count). The van der Waals surface area contributed by atoms with Gasteiger partial charge in [0.15, 0.2) is 0 Å². The number of benzene rings is 1. The quantitative estimate of drug-likeness (QED) is 0.795. The smallest absolute Gasteiger partial charge is 0.241 e. The monoisotopic (exact) mass is 344 g/mol. The third-order valence-corrected chi connectivity index (χ3v) is 4.79. The van der Waals surface area contributed by atoms with E-state index in [9.17, 15) is 8.42 Å². The largest absolute Gasteiger partial charge is 0.389 e. The number of aromatic nitrogens is 2. The summed E-state index contributed by atoms with van der Waals surface area (Å²) in [5.74, 6) is 0.601. The lowest BCUT2D eigenvalue weighted by Crippen LogP contribution is -2.25. The molecule has 1 aromatic heterocycles. The molecule has 0 spiro atoms. The second-order valence-electron chi connectivity index (χ2n) is 4.28. The normalized spacial score (nSPS) is 11.5. The van der Waals surface area contributed by atoms with Crippen LogP contribution in [0.1, 0.15) is 11.4 Å². The third-order valence-electron chi connectivity index (χ3n) is 2.86. The molecule has 112 valence electrons. The summed E-state index contributed by atoms with van der Waals surface area (Å²) < 4.78 is 28.6.